The Morgan fingerprint density at radius 3 is 2.57 bits per heavy atom. The summed E-state index contributed by atoms with van der Waals surface area (Å²) in [4.78, 5) is 0.398. The quantitative estimate of drug-likeness (QED) is 0.807. The number of halogens is 2. The maximum atomic E-state index is 5.27. The van der Waals surface area contributed by atoms with Gasteiger partial charge in [-0.2, -0.15) is 0 Å². The van der Waals surface area contributed by atoms with E-state index in [4.69, 9.17) is 4.42 Å². The predicted molar refractivity (Wildman–Crippen MR) is 59.9 cm³/mol. The van der Waals surface area contributed by atoms with E-state index in [9.17, 15) is 0 Å². The predicted octanol–water partition coefficient (Wildman–Crippen LogP) is 3.57. The van der Waals surface area contributed by atoms with E-state index in [1.807, 2.05) is 25.1 Å². The number of benzene rings is 1. The van der Waals surface area contributed by atoms with E-state index < -0.39 is 0 Å². The first-order valence-corrected chi connectivity index (χ1v) is 5.51. The van der Waals surface area contributed by atoms with E-state index in [0.717, 1.165) is 15.6 Å². The van der Waals surface area contributed by atoms with Gasteiger partial charge in [-0.05, 0) is 30.7 Å². The highest BCUT2D eigenvalue weighted by atomic mass is 79.9. The number of rotatable bonds is 1. The summed E-state index contributed by atoms with van der Waals surface area (Å²) in [7, 11) is 0. The Kier molecular flexibility index (Phi) is 2.69. The summed E-state index contributed by atoms with van der Waals surface area (Å²) >= 11 is 6.52. The minimum absolute atomic E-state index is 0.398. The molecule has 3 nitrogen and oxygen atoms in total. The molecule has 1 heterocycles. The summed E-state index contributed by atoms with van der Waals surface area (Å²) in [6, 6.07) is 5.90. The van der Waals surface area contributed by atoms with Crippen molar-refractivity contribution in [3.8, 4) is 11.5 Å². The molecule has 0 aliphatic carbocycles. The third-order valence-corrected chi connectivity index (χ3v) is 2.63. The van der Waals surface area contributed by atoms with Crippen LogP contribution < -0.4 is 0 Å². The van der Waals surface area contributed by atoms with Gasteiger partial charge >= 0.3 is 0 Å². The SMILES string of the molecule is Cc1cc(Br)ccc1-c1nnc(Br)o1. The first-order chi connectivity index (χ1) is 6.66. The first-order valence-electron chi connectivity index (χ1n) is 3.92. The molecule has 0 amide bonds. The molecule has 0 aliphatic heterocycles. The smallest absolute Gasteiger partial charge is 0.285 e. The molecule has 2 rings (SSSR count). The zero-order chi connectivity index (χ0) is 10.1. The minimum atomic E-state index is 0.398. The van der Waals surface area contributed by atoms with Crippen molar-refractivity contribution < 1.29 is 4.42 Å². The minimum Gasteiger partial charge on any atom is -0.411 e. The number of hydrogen-bond acceptors (Lipinski definition) is 3. The lowest BCUT2D eigenvalue weighted by Gasteiger charge is -2.00. The largest absolute Gasteiger partial charge is 0.411 e. The summed E-state index contributed by atoms with van der Waals surface area (Å²) < 4.78 is 6.31. The highest BCUT2D eigenvalue weighted by Crippen LogP contribution is 2.25. The molecule has 0 bridgehead atoms. The van der Waals surface area contributed by atoms with Crippen LogP contribution >= 0.6 is 31.9 Å². The van der Waals surface area contributed by atoms with Crippen molar-refractivity contribution >= 4 is 31.9 Å². The van der Waals surface area contributed by atoms with Gasteiger partial charge in [0.1, 0.15) is 0 Å². The highest BCUT2D eigenvalue weighted by Gasteiger charge is 2.09. The number of hydrogen-bond donors (Lipinski definition) is 0. The standard InChI is InChI=1S/C9H6Br2N2O/c1-5-4-6(10)2-3-7(5)8-12-13-9(11)14-8/h2-4H,1H3. The average Bonchev–Trinajstić information content (AvgIpc) is 2.51. The molecule has 0 aliphatic rings. The van der Waals surface area contributed by atoms with Gasteiger partial charge in [0.15, 0.2) is 0 Å². The van der Waals surface area contributed by atoms with Crippen molar-refractivity contribution in [3.63, 3.8) is 0 Å². The first kappa shape index (κ1) is 9.86. The molecule has 0 atom stereocenters. The Bertz CT molecular complexity index is 468. The van der Waals surface area contributed by atoms with Gasteiger partial charge in [-0.1, -0.05) is 15.9 Å². The van der Waals surface area contributed by atoms with Crippen LogP contribution in [0.3, 0.4) is 0 Å². The fourth-order valence-corrected chi connectivity index (χ4v) is 1.89. The molecule has 0 radical (unpaired) electrons. The Hall–Kier alpha value is -0.680. The van der Waals surface area contributed by atoms with Gasteiger partial charge in [0.2, 0.25) is 5.89 Å². The van der Waals surface area contributed by atoms with Crippen LogP contribution in [0.1, 0.15) is 5.56 Å². The zero-order valence-corrected chi connectivity index (χ0v) is 10.5. The average molecular weight is 318 g/mol. The molecule has 1 aromatic carbocycles. The summed E-state index contributed by atoms with van der Waals surface area (Å²) in [5.41, 5.74) is 2.04. The Morgan fingerprint density at radius 1 is 1.21 bits per heavy atom. The molecule has 0 spiro atoms. The van der Waals surface area contributed by atoms with Gasteiger partial charge in [0.25, 0.3) is 4.80 Å². The molecule has 72 valence electrons. The van der Waals surface area contributed by atoms with Crippen LogP contribution in [0.4, 0.5) is 0 Å². The van der Waals surface area contributed by atoms with Crippen LogP contribution in [0, 0.1) is 6.92 Å². The molecular formula is C9H6Br2N2O. The Labute approximate surface area is 97.8 Å². The molecule has 14 heavy (non-hydrogen) atoms. The lowest BCUT2D eigenvalue weighted by Crippen LogP contribution is -1.83. The number of nitrogens with zero attached hydrogens (tertiary/aromatic N) is 2. The van der Waals surface area contributed by atoms with Crippen molar-refractivity contribution in [3.05, 3.63) is 33.0 Å². The molecule has 5 heteroatoms. The van der Waals surface area contributed by atoms with Gasteiger partial charge < -0.3 is 4.42 Å². The lowest BCUT2D eigenvalue weighted by atomic mass is 10.1. The van der Waals surface area contributed by atoms with Crippen LogP contribution in [-0.2, 0) is 0 Å². The van der Waals surface area contributed by atoms with Crippen LogP contribution in [0.5, 0.6) is 0 Å². The number of aromatic nitrogens is 2. The van der Waals surface area contributed by atoms with Crippen LogP contribution in [0.15, 0.2) is 31.9 Å². The maximum absolute atomic E-state index is 5.27. The van der Waals surface area contributed by atoms with Gasteiger partial charge in [-0.15, -0.1) is 10.2 Å². The topological polar surface area (TPSA) is 38.9 Å². The summed E-state index contributed by atoms with van der Waals surface area (Å²) in [5.74, 6) is 0.530. The maximum Gasteiger partial charge on any atom is 0.285 e. The van der Waals surface area contributed by atoms with Gasteiger partial charge in [0.05, 0.1) is 0 Å². The van der Waals surface area contributed by atoms with E-state index in [-0.39, 0.29) is 0 Å². The van der Waals surface area contributed by atoms with Gasteiger partial charge in [-0.25, -0.2) is 0 Å². The molecule has 2 aromatic rings. The Balaban J connectivity index is 2.52. The van der Waals surface area contributed by atoms with Crippen LogP contribution in [0.2, 0.25) is 0 Å². The third-order valence-electron chi connectivity index (χ3n) is 1.82. The summed E-state index contributed by atoms with van der Waals surface area (Å²) in [6.07, 6.45) is 0. The summed E-state index contributed by atoms with van der Waals surface area (Å²) in [5, 5.41) is 7.64. The molecule has 1 aromatic heterocycles. The van der Waals surface area contributed by atoms with Crippen molar-refractivity contribution in [1.29, 1.82) is 0 Å². The van der Waals surface area contributed by atoms with E-state index in [1.54, 1.807) is 0 Å². The van der Waals surface area contributed by atoms with Gasteiger partial charge in [-0.3, -0.25) is 0 Å². The van der Waals surface area contributed by atoms with Crippen molar-refractivity contribution in [2.75, 3.05) is 0 Å². The molecule has 0 N–H and O–H groups in total. The van der Waals surface area contributed by atoms with Crippen LogP contribution in [-0.4, -0.2) is 10.2 Å². The highest BCUT2D eigenvalue weighted by molar-refractivity contribution is 9.10. The number of aryl methyl sites for hydroxylation is 1. The van der Waals surface area contributed by atoms with E-state index in [2.05, 4.69) is 42.1 Å². The van der Waals surface area contributed by atoms with Crippen molar-refractivity contribution in [2.45, 2.75) is 6.92 Å². The second-order valence-corrected chi connectivity index (χ2v) is 4.41. The van der Waals surface area contributed by atoms with Gasteiger partial charge in [0, 0.05) is 26.0 Å². The zero-order valence-electron chi connectivity index (χ0n) is 7.29. The second-order valence-electron chi connectivity index (χ2n) is 2.82. The van der Waals surface area contributed by atoms with Crippen molar-refractivity contribution in [2.24, 2.45) is 0 Å². The molecule has 0 saturated heterocycles. The molecular weight excluding hydrogens is 312 g/mol. The fraction of sp³-hybridized carbons (Fsp3) is 0.111. The van der Waals surface area contributed by atoms with Crippen molar-refractivity contribution in [1.82, 2.24) is 10.2 Å². The second kappa shape index (κ2) is 3.82. The molecule has 0 unspecified atom stereocenters. The van der Waals surface area contributed by atoms with E-state index >= 15 is 0 Å². The Morgan fingerprint density at radius 2 is 2.00 bits per heavy atom. The monoisotopic (exact) mass is 316 g/mol. The third kappa shape index (κ3) is 1.88. The van der Waals surface area contributed by atoms with E-state index in [1.165, 1.54) is 0 Å². The molecule has 0 fully saturated rings. The normalized spacial score (nSPS) is 10.5. The lowest BCUT2D eigenvalue weighted by molar-refractivity contribution is 0.540. The fourth-order valence-electron chi connectivity index (χ4n) is 1.18. The van der Waals surface area contributed by atoms with E-state index in [0.29, 0.717) is 10.7 Å². The molecule has 0 saturated carbocycles. The summed E-state index contributed by atoms with van der Waals surface area (Å²) in [6.45, 7) is 2.00. The van der Waals surface area contributed by atoms with Crippen LogP contribution in [0.25, 0.3) is 11.5 Å².